The van der Waals surface area contributed by atoms with Crippen molar-refractivity contribution in [1.82, 2.24) is 5.32 Å². The number of hydrogen-bond donors (Lipinski definition) is 2. The first-order valence-electron chi connectivity index (χ1n) is 6.42. The van der Waals surface area contributed by atoms with E-state index < -0.39 is 33.6 Å². The Hall–Kier alpha value is -2.18. The molecule has 1 rings (SSSR count). The van der Waals surface area contributed by atoms with Crippen molar-refractivity contribution in [2.75, 3.05) is 12.3 Å². The third kappa shape index (κ3) is 3.43. The zero-order valence-electron chi connectivity index (χ0n) is 11.5. The number of halogens is 1. The van der Waals surface area contributed by atoms with Crippen LogP contribution in [0.3, 0.4) is 0 Å². The molecule has 0 aliphatic heterocycles. The number of nitrogens with zero attached hydrogens (tertiary/aromatic N) is 1. The van der Waals surface area contributed by atoms with Crippen LogP contribution in [0, 0.1) is 21.8 Å². The highest BCUT2D eigenvalue weighted by molar-refractivity contribution is 6.01. The van der Waals surface area contributed by atoms with E-state index in [1.165, 1.54) is 0 Å². The lowest BCUT2D eigenvalue weighted by atomic mass is 10.0. The average molecular weight is 283 g/mol. The van der Waals surface area contributed by atoms with Gasteiger partial charge in [0.05, 0.1) is 4.92 Å². The number of nitrogen functional groups attached to an aromatic ring is 1. The number of nitrogens with two attached hydrogens (primary N) is 1. The van der Waals surface area contributed by atoms with E-state index in [0.717, 1.165) is 25.0 Å². The molecule has 0 unspecified atom stereocenters. The van der Waals surface area contributed by atoms with Gasteiger partial charge in [-0.2, -0.15) is 0 Å². The monoisotopic (exact) mass is 283 g/mol. The van der Waals surface area contributed by atoms with Crippen LogP contribution in [0.4, 0.5) is 15.8 Å². The Kier molecular flexibility index (Phi) is 5.42. The summed E-state index contributed by atoms with van der Waals surface area (Å²) in [5.74, 6) is -1.31. The van der Waals surface area contributed by atoms with Crippen LogP contribution in [0.1, 0.15) is 37.0 Å². The maximum Gasteiger partial charge on any atom is 0.293 e. The molecule has 1 aromatic carbocycles. The van der Waals surface area contributed by atoms with Crippen molar-refractivity contribution in [3.05, 3.63) is 33.6 Å². The molecule has 20 heavy (non-hydrogen) atoms. The second kappa shape index (κ2) is 6.83. The summed E-state index contributed by atoms with van der Waals surface area (Å²) in [6.07, 6.45) is 1.76. The van der Waals surface area contributed by atoms with Crippen LogP contribution >= 0.6 is 0 Å². The third-order valence-corrected chi connectivity index (χ3v) is 3.30. The second-order valence-corrected chi connectivity index (χ2v) is 4.50. The lowest BCUT2D eigenvalue weighted by Gasteiger charge is -2.14. The molecule has 110 valence electrons. The second-order valence-electron chi connectivity index (χ2n) is 4.50. The molecule has 0 radical (unpaired) electrons. The molecule has 0 aliphatic rings. The summed E-state index contributed by atoms with van der Waals surface area (Å²) in [6, 6.07) is 1.82. The predicted molar refractivity (Wildman–Crippen MR) is 73.9 cm³/mol. The van der Waals surface area contributed by atoms with Crippen molar-refractivity contribution >= 4 is 17.3 Å². The highest BCUT2D eigenvalue weighted by Gasteiger charge is 2.23. The number of carbonyl (C=O) groups is 1. The number of carbonyl (C=O) groups excluding carboxylic acids is 1. The Bertz CT molecular complexity index is 516. The molecule has 0 atom stereocenters. The number of nitrogens with one attached hydrogen (secondary N) is 1. The Morgan fingerprint density at radius 2 is 2.05 bits per heavy atom. The molecular formula is C13H18FN3O3. The Morgan fingerprint density at radius 1 is 1.45 bits per heavy atom. The minimum absolute atomic E-state index is 0.280. The van der Waals surface area contributed by atoms with E-state index in [4.69, 9.17) is 5.73 Å². The van der Waals surface area contributed by atoms with E-state index >= 15 is 0 Å². The molecule has 0 spiro atoms. The van der Waals surface area contributed by atoms with Gasteiger partial charge in [0.25, 0.3) is 11.6 Å². The van der Waals surface area contributed by atoms with Gasteiger partial charge in [-0.3, -0.25) is 14.9 Å². The predicted octanol–water partition coefficient (Wildman–Crippen LogP) is 2.48. The summed E-state index contributed by atoms with van der Waals surface area (Å²) >= 11 is 0. The Morgan fingerprint density at radius 3 is 2.55 bits per heavy atom. The van der Waals surface area contributed by atoms with Gasteiger partial charge in [0.15, 0.2) is 0 Å². The summed E-state index contributed by atoms with van der Waals surface area (Å²) in [6.45, 7) is 4.36. The van der Waals surface area contributed by atoms with E-state index in [2.05, 4.69) is 5.32 Å². The third-order valence-electron chi connectivity index (χ3n) is 3.30. The summed E-state index contributed by atoms with van der Waals surface area (Å²) in [5.41, 5.74) is 4.13. The van der Waals surface area contributed by atoms with Crippen molar-refractivity contribution in [1.29, 1.82) is 0 Å². The molecule has 0 aliphatic carbocycles. The number of rotatable bonds is 6. The minimum Gasteiger partial charge on any atom is -0.392 e. The molecular weight excluding hydrogens is 265 g/mol. The minimum atomic E-state index is -0.866. The van der Waals surface area contributed by atoms with Gasteiger partial charge in [0, 0.05) is 12.6 Å². The lowest BCUT2D eigenvalue weighted by molar-refractivity contribution is -0.384. The first kappa shape index (κ1) is 15.9. The van der Waals surface area contributed by atoms with Crippen molar-refractivity contribution < 1.29 is 14.1 Å². The number of hydrogen-bond acceptors (Lipinski definition) is 4. The van der Waals surface area contributed by atoms with Gasteiger partial charge in [-0.05, 0) is 12.0 Å². The maximum absolute atomic E-state index is 13.7. The molecule has 7 heteroatoms. The van der Waals surface area contributed by atoms with Gasteiger partial charge in [-0.25, -0.2) is 4.39 Å². The summed E-state index contributed by atoms with van der Waals surface area (Å²) in [7, 11) is 0. The molecule has 0 bridgehead atoms. The average Bonchev–Trinajstić information content (AvgIpc) is 2.39. The fourth-order valence-corrected chi connectivity index (χ4v) is 1.87. The van der Waals surface area contributed by atoms with Gasteiger partial charge < -0.3 is 11.1 Å². The quantitative estimate of drug-likeness (QED) is 0.476. The molecule has 1 aromatic rings. The SMILES string of the molecule is CCC(CC)CNC(=O)c1c(F)ccc([N+](=O)[O-])c1N. The molecule has 0 saturated carbocycles. The first-order valence-corrected chi connectivity index (χ1v) is 6.42. The summed E-state index contributed by atoms with van der Waals surface area (Å²) in [5, 5.41) is 13.3. The van der Waals surface area contributed by atoms with Crippen LogP contribution in [0.5, 0.6) is 0 Å². The van der Waals surface area contributed by atoms with Gasteiger partial charge in [0.2, 0.25) is 0 Å². The zero-order chi connectivity index (χ0) is 15.3. The van der Waals surface area contributed by atoms with Crippen LogP contribution in [0.2, 0.25) is 0 Å². The van der Waals surface area contributed by atoms with Crippen molar-refractivity contribution in [2.24, 2.45) is 5.92 Å². The first-order chi connectivity index (χ1) is 9.42. The number of amides is 1. The molecule has 1 amide bonds. The van der Waals surface area contributed by atoms with E-state index in [0.29, 0.717) is 6.54 Å². The summed E-state index contributed by atoms with van der Waals surface area (Å²) in [4.78, 5) is 21.9. The molecule has 6 nitrogen and oxygen atoms in total. The number of nitro groups is 1. The zero-order valence-corrected chi connectivity index (χ0v) is 11.5. The smallest absolute Gasteiger partial charge is 0.293 e. The van der Waals surface area contributed by atoms with E-state index in [1.54, 1.807) is 0 Å². The lowest BCUT2D eigenvalue weighted by Crippen LogP contribution is -2.30. The van der Waals surface area contributed by atoms with Gasteiger partial charge in [-0.1, -0.05) is 26.7 Å². The van der Waals surface area contributed by atoms with Crippen LogP contribution in [0.25, 0.3) is 0 Å². The van der Waals surface area contributed by atoms with E-state index in [1.807, 2.05) is 13.8 Å². The topological polar surface area (TPSA) is 98.3 Å². The molecule has 3 N–H and O–H groups in total. The highest BCUT2D eigenvalue weighted by atomic mass is 19.1. The number of benzene rings is 1. The molecule has 0 aromatic heterocycles. The van der Waals surface area contributed by atoms with Crippen LogP contribution in [-0.2, 0) is 0 Å². The van der Waals surface area contributed by atoms with Crippen molar-refractivity contribution in [3.63, 3.8) is 0 Å². The van der Waals surface area contributed by atoms with Gasteiger partial charge in [-0.15, -0.1) is 0 Å². The fourth-order valence-electron chi connectivity index (χ4n) is 1.87. The normalized spacial score (nSPS) is 10.6. The van der Waals surface area contributed by atoms with Gasteiger partial charge in [0.1, 0.15) is 17.1 Å². The molecule has 0 heterocycles. The van der Waals surface area contributed by atoms with Gasteiger partial charge >= 0.3 is 0 Å². The molecule has 0 saturated heterocycles. The highest BCUT2D eigenvalue weighted by Crippen LogP contribution is 2.27. The standard InChI is InChI=1S/C13H18FN3O3/c1-3-8(4-2)7-16-13(18)11-9(14)5-6-10(12(11)15)17(19)20/h5-6,8H,3-4,7,15H2,1-2H3,(H,16,18). The van der Waals surface area contributed by atoms with Crippen LogP contribution < -0.4 is 11.1 Å². The fraction of sp³-hybridized carbons (Fsp3) is 0.462. The van der Waals surface area contributed by atoms with E-state index in [9.17, 15) is 19.3 Å². The number of nitro benzene ring substituents is 1. The largest absolute Gasteiger partial charge is 0.392 e. The van der Waals surface area contributed by atoms with Crippen molar-refractivity contribution in [2.45, 2.75) is 26.7 Å². The molecule has 0 fully saturated rings. The number of anilines is 1. The Balaban J connectivity index is 2.98. The summed E-state index contributed by atoms with van der Waals surface area (Å²) < 4.78 is 13.7. The van der Waals surface area contributed by atoms with Crippen molar-refractivity contribution in [3.8, 4) is 0 Å². The Labute approximate surface area is 116 Å². The van der Waals surface area contributed by atoms with Crippen LogP contribution in [0.15, 0.2) is 12.1 Å². The maximum atomic E-state index is 13.7. The van der Waals surface area contributed by atoms with E-state index in [-0.39, 0.29) is 5.92 Å². The van der Waals surface area contributed by atoms with Crippen LogP contribution in [-0.4, -0.2) is 17.4 Å².